The van der Waals surface area contributed by atoms with Gasteiger partial charge in [-0.2, -0.15) is 0 Å². The molecule has 0 aliphatic rings. The van der Waals surface area contributed by atoms with Gasteiger partial charge in [-0.05, 0) is 43.0 Å². The van der Waals surface area contributed by atoms with E-state index in [1.807, 2.05) is 30.3 Å². The third-order valence-corrected chi connectivity index (χ3v) is 4.94. The molecule has 2 unspecified atom stereocenters. The molecule has 0 aromatic heterocycles. The van der Waals surface area contributed by atoms with E-state index in [1.54, 1.807) is 6.92 Å². The van der Waals surface area contributed by atoms with Crippen LogP contribution in [-0.2, 0) is 10.0 Å². The van der Waals surface area contributed by atoms with Crippen molar-refractivity contribution in [3.05, 3.63) is 66.0 Å². The standard InChI is InChI=1S/C17H20FNO3S/c1-13(20)10-15(14-6-3-2-4-7-14)12-19-23(21,22)17-9-5-8-16(18)11-17/h2-9,11,13,15,19-20H,10,12H2,1H3. The smallest absolute Gasteiger partial charge is 0.240 e. The van der Waals surface area contributed by atoms with E-state index in [1.165, 1.54) is 18.2 Å². The zero-order valence-corrected chi connectivity index (χ0v) is 13.6. The molecule has 0 radical (unpaired) electrons. The van der Waals surface area contributed by atoms with E-state index >= 15 is 0 Å². The fourth-order valence-electron chi connectivity index (χ4n) is 2.40. The van der Waals surface area contributed by atoms with E-state index in [0.717, 1.165) is 11.6 Å². The second-order valence-electron chi connectivity index (χ2n) is 5.50. The third kappa shape index (κ3) is 5.13. The van der Waals surface area contributed by atoms with Crippen LogP contribution in [0.25, 0.3) is 0 Å². The van der Waals surface area contributed by atoms with Crippen molar-refractivity contribution >= 4 is 10.0 Å². The zero-order valence-electron chi connectivity index (χ0n) is 12.8. The molecule has 0 fully saturated rings. The summed E-state index contributed by atoms with van der Waals surface area (Å²) in [6.07, 6.45) is -0.130. The van der Waals surface area contributed by atoms with Crippen molar-refractivity contribution in [2.24, 2.45) is 0 Å². The molecule has 124 valence electrons. The van der Waals surface area contributed by atoms with Gasteiger partial charge >= 0.3 is 0 Å². The van der Waals surface area contributed by atoms with Gasteiger partial charge in [0.15, 0.2) is 0 Å². The van der Waals surface area contributed by atoms with Crippen LogP contribution < -0.4 is 4.72 Å². The molecular formula is C17H20FNO3S. The van der Waals surface area contributed by atoms with Crippen LogP contribution in [0.1, 0.15) is 24.8 Å². The number of hydrogen-bond acceptors (Lipinski definition) is 3. The van der Waals surface area contributed by atoms with Crippen LogP contribution in [0.5, 0.6) is 0 Å². The number of hydrogen-bond donors (Lipinski definition) is 2. The topological polar surface area (TPSA) is 66.4 Å². The number of halogens is 1. The lowest BCUT2D eigenvalue weighted by atomic mass is 9.94. The van der Waals surface area contributed by atoms with E-state index in [-0.39, 0.29) is 17.4 Å². The van der Waals surface area contributed by atoms with Crippen molar-refractivity contribution in [1.82, 2.24) is 4.72 Å². The molecule has 2 N–H and O–H groups in total. The first-order chi connectivity index (χ1) is 10.9. The normalized spacial score (nSPS) is 14.4. The number of nitrogens with one attached hydrogen (secondary N) is 1. The molecule has 2 rings (SSSR count). The Kier molecular flexibility index (Phi) is 5.87. The van der Waals surface area contributed by atoms with Gasteiger partial charge in [-0.3, -0.25) is 0 Å². The van der Waals surface area contributed by atoms with Gasteiger partial charge in [0.2, 0.25) is 10.0 Å². The maximum atomic E-state index is 13.2. The van der Waals surface area contributed by atoms with Gasteiger partial charge in [0.1, 0.15) is 5.82 Å². The molecule has 0 saturated carbocycles. The van der Waals surface area contributed by atoms with E-state index in [9.17, 15) is 17.9 Å². The Morgan fingerprint density at radius 3 is 2.43 bits per heavy atom. The molecule has 4 nitrogen and oxygen atoms in total. The number of aliphatic hydroxyl groups excluding tert-OH is 1. The number of aliphatic hydroxyl groups is 1. The van der Waals surface area contributed by atoms with Gasteiger partial charge in [0.25, 0.3) is 0 Å². The molecule has 0 bridgehead atoms. The summed E-state index contributed by atoms with van der Waals surface area (Å²) in [5, 5.41) is 9.64. The maximum Gasteiger partial charge on any atom is 0.240 e. The average Bonchev–Trinajstić information content (AvgIpc) is 2.52. The second kappa shape index (κ2) is 7.68. The van der Waals surface area contributed by atoms with Crippen molar-refractivity contribution in [3.8, 4) is 0 Å². The fraction of sp³-hybridized carbons (Fsp3) is 0.294. The largest absolute Gasteiger partial charge is 0.393 e. The highest BCUT2D eigenvalue weighted by Crippen LogP contribution is 2.21. The summed E-state index contributed by atoms with van der Waals surface area (Å²) in [5.74, 6) is -0.768. The van der Waals surface area contributed by atoms with Crippen LogP contribution in [-0.4, -0.2) is 26.2 Å². The van der Waals surface area contributed by atoms with E-state index < -0.39 is 21.9 Å². The first kappa shape index (κ1) is 17.6. The molecule has 0 spiro atoms. The van der Waals surface area contributed by atoms with Crippen molar-refractivity contribution in [2.75, 3.05) is 6.54 Å². The van der Waals surface area contributed by atoms with E-state index in [0.29, 0.717) is 6.42 Å². The van der Waals surface area contributed by atoms with Crippen LogP contribution in [0.15, 0.2) is 59.5 Å². The Labute approximate surface area is 136 Å². The fourth-order valence-corrected chi connectivity index (χ4v) is 3.51. The third-order valence-electron chi connectivity index (χ3n) is 3.52. The average molecular weight is 337 g/mol. The first-order valence-corrected chi connectivity index (χ1v) is 8.85. The molecule has 0 heterocycles. The lowest BCUT2D eigenvalue weighted by molar-refractivity contribution is 0.174. The number of benzene rings is 2. The highest BCUT2D eigenvalue weighted by atomic mass is 32.2. The van der Waals surface area contributed by atoms with Crippen molar-refractivity contribution in [1.29, 1.82) is 0 Å². The summed E-state index contributed by atoms with van der Waals surface area (Å²) in [6, 6.07) is 14.3. The Morgan fingerprint density at radius 1 is 1.13 bits per heavy atom. The van der Waals surface area contributed by atoms with Crippen LogP contribution >= 0.6 is 0 Å². The van der Waals surface area contributed by atoms with Crippen molar-refractivity contribution < 1.29 is 17.9 Å². The molecule has 2 aromatic rings. The van der Waals surface area contributed by atoms with Crippen LogP contribution in [0.4, 0.5) is 4.39 Å². The van der Waals surface area contributed by atoms with Crippen LogP contribution in [0.2, 0.25) is 0 Å². The predicted molar refractivity (Wildman–Crippen MR) is 87.1 cm³/mol. The Bertz CT molecular complexity index is 733. The minimum Gasteiger partial charge on any atom is -0.393 e. The predicted octanol–water partition coefficient (Wildman–Crippen LogP) is 2.66. The SMILES string of the molecule is CC(O)CC(CNS(=O)(=O)c1cccc(F)c1)c1ccccc1. The Hall–Kier alpha value is -1.76. The lowest BCUT2D eigenvalue weighted by Crippen LogP contribution is -2.30. The molecule has 0 saturated heterocycles. The minimum atomic E-state index is -3.79. The van der Waals surface area contributed by atoms with Gasteiger partial charge in [-0.15, -0.1) is 0 Å². The molecule has 2 atom stereocenters. The van der Waals surface area contributed by atoms with Crippen molar-refractivity contribution in [3.63, 3.8) is 0 Å². The first-order valence-electron chi connectivity index (χ1n) is 7.37. The van der Waals surface area contributed by atoms with Gasteiger partial charge in [0.05, 0.1) is 11.0 Å². The second-order valence-corrected chi connectivity index (χ2v) is 7.27. The number of sulfonamides is 1. The zero-order chi connectivity index (χ0) is 16.9. The molecule has 0 amide bonds. The van der Waals surface area contributed by atoms with Gasteiger partial charge in [-0.25, -0.2) is 17.5 Å². The van der Waals surface area contributed by atoms with Crippen molar-refractivity contribution in [2.45, 2.75) is 30.3 Å². The summed E-state index contributed by atoms with van der Waals surface area (Å²) < 4.78 is 40.2. The maximum absolute atomic E-state index is 13.2. The molecule has 6 heteroatoms. The lowest BCUT2D eigenvalue weighted by Gasteiger charge is -2.19. The minimum absolute atomic E-state index is 0.110. The summed E-state index contributed by atoms with van der Waals surface area (Å²) in [5.41, 5.74) is 0.940. The molecule has 2 aromatic carbocycles. The van der Waals surface area contributed by atoms with Gasteiger partial charge in [-0.1, -0.05) is 36.4 Å². The molecule has 0 aliphatic carbocycles. The summed E-state index contributed by atoms with van der Waals surface area (Å²) in [6.45, 7) is 1.80. The monoisotopic (exact) mass is 337 g/mol. The van der Waals surface area contributed by atoms with Gasteiger partial charge in [0, 0.05) is 6.54 Å². The summed E-state index contributed by atoms with van der Waals surface area (Å²) in [7, 11) is -3.79. The number of rotatable bonds is 7. The van der Waals surface area contributed by atoms with E-state index in [2.05, 4.69) is 4.72 Å². The Balaban J connectivity index is 2.14. The highest BCUT2D eigenvalue weighted by Gasteiger charge is 2.19. The van der Waals surface area contributed by atoms with E-state index in [4.69, 9.17) is 0 Å². The Morgan fingerprint density at radius 2 is 1.83 bits per heavy atom. The summed E-state index contributed by atoms with van der Waals surface area (Å²) in [4.78, 5) is -0.110. The molecular weight excluding hydrogens is 317 g/mol. The van der Waals surface area contributed by atoms with Crippen LogP contribution in [0.3, 0.4) is 0 Å². The van der Waals surface area contributed by atoms with Crippen LogP contribution in [0, 0.1) is 5.82 Å². The molecule has 0 aliphatic heterocycles. The quantitative estimate of drug-likeness (QED) is 0.816. The van der Waals surface area contributed by atoms with Gasteiger partial charge < -0.3 is 5.11 Å². The summed E-state index contributed by atoms with van der Waals surface area (Å²) >= 11 is 0. The molecule has 23 heavy (non-hydrogen) atoms. The highest BCUT2D eigenvalue weighted by molar-refractivity contribution is 7.89.